The number of benzene rings is 1. The smallest absolute Gasteiger partial charge is 0.253 e. The first-order chi connectivity index (χ1) is 13.4. The number of ether oxygens (including phenoxy) is 1. The molecule has 2 N–H and O–H groups in total. The summed E-state index contributed by atoms with van der Waals surface area (Å²) in [5.74, 6) is 0.717. The van der Waals surface area contributed by atoms with Gasteiger partial charge in [0.1, 0.15) is 18.0 Å². The zero-order valence-corrected chi connectivity index (χ0v) is 16.8. The minimum Gasteiger partial charge on any atom is -0.491 e. The van der Waals surface area contributed by atoms with Gasteiger partial charge < -0.3 is 15.0 Å². The largest absolute Gasteiger partial charge is 0.491 e. The van der Waals surface area contributed by atoms with Gasteiger partial charge in [-0.25, -0.2) is 0 Å². The molecule has 0 aliphatic heterocycles. The second-order valence-corrected chi connectivity index (χ2v) is 6.95. The average Bonchev–Trinajstić information content (AvgIpc) is 2.93. The number of para-hydroxylation sites is 1. The van der Waals surface area contributed by atoms with Gasteiger partial charge in [0.2, 0.25) is 5.91 Å². The van der Waals surface area contributed by atoms with Crippen molar-refractivity contribution in [3.8, 4) is 5.75 Å². The first-order valence-corrected chi connectivity index (χ1v) is 9.38. The molecule has 2 aromatic heterocycles. The monoisotopic (exact) mass is 382 g/mol. The molecule has 0 fully saturated rings. The van der Waals surface area contributed by atoms with E-state index in [9.17, 15) is 9.59 Å². The number of nitrogens with one attached hydrogen (secondary N) is 2. The van der Waals surface area contributed by atoms with Crippen LogP contribution in [0.3, 0.4) is 0 Å². The molecule has 7 nitrogen and oxygen atoms in total. The molecule has 0 aliphatic rings. The first kappa shape index (κ1) is 19.7. The SMILES string of the molecule is Cc1ccccc1OCCNC(=O)CCc1c(C)c2c(C)nn(C)c2[nH]c1=O. The quantitative estimate of drug-likeness (QED) is 0.614. The molecule has 0 unspecified atom stereocenters. The van der Waals surface area contributed by atoms with Gasteiger partial charge in [-0.05, 0) is 44.4 Å². The predicted molar refractivity (Wildman–Crippen MR) is 109 cm³/mol. The van der Waals surface area contributed by atoms with Crippen LogP contribution in [0.5, 0.6) is 5.75 Å². The van der Waals surface area contributed by atoms with Crippen LogP contribution in [0, 0.1) is 20.8 Å². The van der Waals surface area contributed by atoms with Gasteiger partial charge >= 0.3 is 0 Å². The van der Waals surface area contributed by atoms with Gasteiger partial charge in [0, 0.05) is 24.4 Å². The van der Waals surface area contributed by atoms with Crippen LogP contribution in [0.1, 0.15) is 28.8 Å². The number of amides is 1. The van der Waals surface area contributed by atoms with Gasteiger partial charge in [-0.15, -0.1) is 0 Å². The minimum absolute atomic E-state index is 0.102. The third-order valence-corrected chi connectivity index (χ3v) is 4.93. The van der Waals surface area contributed by atoms with E-state index in [4.69, 9.17) is 4.74 Å². The normalized spacial score (nSPS) is 11.0. The fourth-order valence-corrected chi connectivity index (χ4v) is 3.45. The highest BCUT2D eigenvalue weighted by Gasteiger charge is 2.15. The van der Waals surface area contributed by atoms with Crippen molar-refractivity contribution < 1.29 is 9.53 Å². The molecule has 2 heterocycles. The lowest BCUT2D eigenvalue weighted by Gasteiger charge is -2.10. The Kier molecular flexibility index (Phi) is 5.82. The Hall–Kier alpha value is -3.09. The summed E-state index contributed by atoms with van der Waals surface area (Å²) in [6.07, 6.45) is 0.634. The van der Waals surface area contributed by atoms with E-state index in [1.165, 1.54) is 0 Å². The fraction of sp³-hybridized carbons (Fsp3) is 0.381. The second kappa shape index (κ2) is 8.29. The van der Waals surface area contributed by atoms with Crippen LogP contribution in [-0.2, 0) is 18.3 Å². The van der Waals surface area contributed by atoms with Gasteiger partial charge in [0.15, 0.2) is 0 Å². The average molecular weight is 382 g/mol. The summed E-state index contributed by atoms with van der Waals surface area (Å²) in [7, 11) is 1.80. The van der Waals surface area contributed by atoms with Crippen LogP contribution in [0.2, 0.25) is 0 Å². The molecule has 0 spiro atoms. The Morgan fingerprint density at radius 2 is 2.00 bits per heavy atom. The van der Waals surface area contributed by atoms with Crippen LogP contribution in [0.25, 0.3) is 11.0 Å². The molecule has 1 aromatic carbocycles. The van der Waals surface area contributed by atoms with Crippen molar-refractivity contribution in [2.45, 2.75) is 33.6 Å². The molecule has 3 rings (SSSR count). The lowest BCUT2D eigenvalue weighted by atomic mass is 10.0. The lowest BCUT2D eigenvalue weighted by molar-refractivity contribution is -0.121. The van der Waals surface area contributed by atoms with Crippen LogP contribution in [0.15, 0.2) is 29.1 Å². The van der Waals surface area contributed by atoms with Crippen molar-refractivity contribution in [2.75, 3.05) is 13.2 Å². The molecule has 0 saturated heterocycles. The van der Waals surface area contributed by atoms with Crippen molar-refractivity contribution in [2.24, 2.45) is 7.05 Å². The van der Waals surface area contributed by atoms with E-state index in [0.29, 0.717) is 30.8 Å². The van der Waals surface area contributed by atoms with Gasteiger partial charge in [-0.3, -0.25) is 14.3 Å². The number of aromatic nitrogens is 3. The van der Waals surface area contributed by atoms with Crippen LogP contribution < -0.4 is 15.6 Å². The van der Waals surface area contributed by atoms with Gasteiger partial charge in [-0.1, -0.05) is 18.2 Å². The Bertz CT molecular complexity index is 1070. The molecule has 7 heteroatoms. The number of carbonyl (C=O) groups is 1. The molecule has 28 heavy (non-hydrogen) atoms. The van der Waals surface area contributed by atoms with Gasteiger partial charge in [0.25, 0.3) is 5.56 Å². The maximum absolute atomic E-state index is 12.4. The third-order valence-electron chi connectivity index (χ3n) is 4.93. The van der Waals surface area contributed by atoms with E-state index >= 15 is 0 Å². The van der Waals surface area contributed by atoms with Crippen molar-refractivity contribution in [1.29, 1.82) is 0 Å². The van der Waals surface area contributed by atoms with Crippen molar-refractivity contribution in [1.82, 2.24) is 20.1 Å². The molecule has 3 aromatic rings. The highest BCUT2D eigenvalue weighted by atomic mass is 16.5. The fourth-order valence-electron chi connectivity index (χ4n) is 3.45. The van der Waals surface area contributed by atoms with E-state index in [1.807, 2.05) is 45.0 Å². The highest BCUT2D eigenvalue weighted by Crippen LogP contribution is 2.21. The van der Waals surface area contributed by atoms with Crippen LogP contribution in [0.4, 0.5) is 0 Å². The summed E-state index contributed by atoms with van der Waals surface area (Å²) in [4.78, 5) is 27.5. The number of aromatic amines is 1. The number of carbonyl (C=O) groups excluding carboxylic acids is 1. The number of H-pyrrole nitrogens is 1. The number of hydrogen-bond acceptors (Lipinski definition) is 4. The van der Waals surface area contributed by atoms with Gasteiger partial charge in [-0.2, -0.15) is 5.10 Å². The number of fused-ring (bicyclic) bond motifs is 1. The molecular formula is C21H26N4O3. The van der Waals surface area contributed by atoms with Crippen molar-refractivity contribution in [3.05, 3.63) is 57.0 Å². The molecule has 0 radical (unpaired) electrons. The van der Waals surface area contributed by atoms with E-state index < -0.39 is 0 Å². The van der Waals surface area contributed by atoms with Crippen LogP contribution >= 0.6 is 0 Å². The molecule has 0 saturated carbocycles. The van der Waals surface area contributed by atoms with Gasteiger partial charge in [0.05, 0.1) is 12.2 Å². The molecule has 0 bridgehead atoms. The summed E-state index contributed by atoms with van der Waals surface area (Å²) in [6, 6.07) is 7.76. The summed E-state index contributed by atoms with van der Waals surface area (Å²) >= 11 is 0. The Balaban J connectivity index is 1.55. The number of aryl methyl sites for hydroxylation is 4. The number of nitrogens with zero attached hydrogens (tertiary/aromatic N) is 2. The maximum atomic E-state index is 12.4. The number of pyridine rings is 1. The van der Waals surface area contributed by atoms with Crippen molar-refractivity contribution >= 4 is 16.9 Å². The van der Waals surface area contributed by atoms with E-state index in [-0.39, 0.29) is 17.9 Å². The topological polar surface area (TPSA) is 89.0 Å². The van der Waals surface area contributed by atoms with E-state index in [1.54, 1.807) is 11.7 Å². The Morgan fingerprint density at radius 1 is 1.25 bits per heavy atom. The number of hydrogen-bond donors (Lipinski definition) is 2. The minimum atomic E-state index is -0.163. The van der Waals surface area contributed by atoms with Crippen LogP contribution in [-0.4, -0.2) is 33.8 Å². The predicted octanol–water partition coefficient (Wildman–Crippen LogP) is 2.31. The Labute approximate surface area is 163 Å². The molecule has 1 amide bonds. The summed E-state index contributed by atoms with van der Waals surface area (Å²) in [5, 5.41) is 8.15. The molecule has 148 valence electrons. The van der Waals surface area contributed by atoms with E-state index in [0.717, 1.165) is 28.0 Å². The standard InChI is InChI=1S/C21H26N4O3/c1-13-7-5-6-8-17(13)28-12-11-22-18(26)10-9-16-14(2)19-15(3)24-25(4)20(19)23-21(16)27/h5-8H,9-12H2,1-4H3,(H,22,26)(H,23,27). The summed E-state index contributed by atoms with van der Waals surface area (Å²) in [5.41, 5.74) is 4.00. The molecular weight excluding hydrogens is 356 g/mol. The first-order valence-electron chi connectivity index (χ1n) is 9.38. The summed E-state index contributed by atoms with van der Waals surface area (Å²) in [6.45, 7) is 6.63. The van der Waals surface area contributed by atoms with E-state index in [2.05, 4.69) is 15.4 Å². The Morgan fingerprint density at radius 3 is 2.75 bits per heavy atom. The lowest BCUT2D eigenvalue weighted by Crippen LogP contribution is -2.29. The highest BCUT2D eigenvalue weighted by molar-refractivity contribution is 5.83. The third kappa shape index (κ3) is 4.08. The zero-order chi connectivity index (χ0) is 20.3. The maximum Gasteiger partial charge on any atom is 0.253 e. The summed E-state index contributed by atoms with van der Waals surface area (Å²) < 4.78 is 7.34. The van der Waals surface area contributed by atoms with Crippen molar-refractivity contribution in [3.63, 3.8) is 0 Å². The molecule has 0 aliphatic carbocycles. The second-order valence-electron chi connectivity index (χ2n) is 6.95. The molecule has 0 atom stereocenters. The number of rotatable bonds is 7. The zero-order valence-electron chi connectivity index (χ0n) is 16.8.